The minimum atomic E-state index is -0.255. The van der Waals surface area contributed by atoms with Crippen LogP contribution in [0.3, 0.4) is 0 Å². The maximum absolute atomic E-state index is 11.7. The first kappa shape index (κ1) is 16.8. The van der Waals surface area contributed by atoms with Crippen LogP contribution in [0.1, 0.15) is 53.1 Å². The highest BCUT2D eigenvalue weighted by atomic mass is 16.6. The smallest absolute Gasteiger partial charge is 0.292 e. The molecule has 1 aliphatic heterocycles. The summed E-state index contributed by atoms with van der Waals surface area (Å²) in [5.41, 5.74) is 6.67. The number of hydrogen-bond donors (Lipinski definition) is 1. The summed E-state index contributed by atoms with van der Waals surface area (Å²) in [5.74, 6) is 0.635. The van der Waals surface area contributed by atoms with Crippen LogP contribution < -0.4 is 5.32 Å². The van der Waals surface area contributed by atoms with E-state index in [1.807, 2.05) is 6.92 Å². The molecule has 4 nitrogen and oxygen atoms in total. The molecule has 0 amide bonds. The van der Waals surface area contributed by atoms with Crippen molar-refractivity contribution in [3.8, 4) is 0 Å². The first-order valence-electron chi connectivity index (χ1n) is 9.31. The third-order valence-electron chi connectivity index (χ3n) is 6.09. The molecule has 26 heavy (non-hydrogen) atoms. The summed E-state index contributed by atoms with van der Waals surface area (Å²) in [5, 5.41) is 15.3. The molecule has 0 saturated heterocycles. The highest BCUT2D eigenvalue weighted by molar-refractivity contribution is 5.74. The Balaban J connectivity index is 1.86. The molecule has 1 aliphatic carbocycles. The normalized spacial score (nSPS) is 23.3. The van der Waals surface area contributed by atoms with Crippen LogP contribution in [0.4, 0.5) is 11.4 Å². The lowest BCUT2D eigenvalue weighted by Crippen LogP contribution is -2.30. The number of nitrogens with zero attached hydrogens (tertiary/aromatic N) is 1. The Kier molecular flexibility index (Phi) is 4.06. The van der Waals surface area contributed by atoms with Gasteiger partial charge in [-0.1, -0.05) is 43.3 Å². The van der Waals surface area contributed by atoms with E-state index < -0.39 is 0 Å². The van der Waals surface area contributed by atoms with Crippen molar-refractivity contribution in [3.05, 3.63) is 80.4 Å². The average Bonchev–Trinajstić information content (AvgIpc) is 3.13. The first-order chi connectivity index (χ1) is 12.5. The van der Waals surface area contributed by atoms with E-state index in [0.717, 1.165) is 24.0 Å². The molecule has 4 heteroatoms. The highest BCUT2D eigenvalue weighted by Gasteiger charge is 2.41. The van der Waals surface area contributed by atoms with Gasteiger partial charge < -0.3 is 5.32 Å². The lowest BCUT2D eigenvalue weighted by atomic mass is 9.74. The van der Waals surface area contributed by atoms with Gasteiger partial charge in [0.05, 0.1) is 11.0 Å². The Bertz CT molecular complexity index is 899. The van der Waals surface area contributed by atoms with Gasteiger partial charge in [0.25, 0.3) is 5.69 Å². The quantitative estimate of drug-likeness (QED) is 0.446. The molecule has 2 aromatic rings. The van der Waals surface area contributed by atoms with Crippen molar-refractivity contribution in [2.45, 2.75) is 45.6 Å². The SMILES string of the molecule is CCc1ccc([C@@H]2Nc3c([N+](=O)[O-])cc(C)c(C)c3[C@@H]3C=CC[C@H]32)cc1. The summed E-state index contributed by atoms with van der Waals surface area (Å²) in [6, 6.07) is 10.5. The zero-order chi connectivity index (χ0) is 18.4. The molecule has 1 heterocycles. The van der Waals surface area contributed by atoms with E-state index in [2.05, 4.69) is 55.6 Å². The van der Waals surface area contributed by atoms with Gasteiger partial charge in [-0.2, -0.15) is 0 Å². The van der Waals surface area contributed by atoms with Crippen molar-refractivity contribution < 1.29 is 4.92 Å². The van der Waals surface area contributed by atoms with E-state index in [-0.39, 0.29) is 22.6 Å². The van der Waals surface area contributed by atoms with E-state index >= 15 is 0 Å². The molecule has 0 radical (unpaired) electrons. The molecule has 2 aromatic carbocycles. The van der Waals surface area contributed by atoms with Gasteiger partial charge in [0.1, 0.15) is 5.69 Å². The maximum Gasteiger partial charge on any atom is 0.292 e. The number of hydrogen-bond acceptors (Lipinski definition) is 3. The van der Waals surface area contributed by atoms with Crippen molar-refractivity contribution in [1.29, 1.82) is 0 Å². The molecule has 2 aliphatic rings. The Morgan fingerprint density at radius 2 is 1.96 bits per heavy atom. The monoisotopic (exact) mass is 348 g/mol. The molecule has 3 atom stereocenters. The molecule has 134 valence electrons. The first-order valence-corrected chi connectivity index (χ1v) is 9.31. The van der Waals surface area contributed by atoms with E-state index in [0.29, 0.717) is 11.6 Å². The number of nitro benzene ring substituents is 1. The summed E-state index contributed by atoms with van der Waals surface area (Å²) < 4.78 is 0. The summed E-state index contributed by atoms with van der Waals surface area (Å²) in [7, 11) is 0. The fraction of sp³-hybridized carbons (Fsp3) is 0.364. The zero-order valence-electron chi connectivity index (χ0n) is 15.5. The third-order valence-corrected chi connectivity index (χ3v) is 6.09. The Morgan fingerprint density at radius 1 is 1.23 bits per heavy atom. The zero-order valence-corrected chi connectivity index (χ0v) is 15.5. The van der Waals surface area contributed by atoms with E-state index in [4.69, 9.17) is 0 Å². The number of rotatable bonds is 3. The van der Waals surface area contributed by atoms with Crippen molar-refractivity contribution >= 4 is 11.4 Å². The predicted molar refractivity (Wildman–Crippen MR) is 105 cm³/mol. The second-order valence-electron chi connectivity index (χ2n) is 7.45. The summed E-state index contributed by atoms with van der Waals surface area (Å²) in [6.45, 7) is 6.19. The number of nitro groups is 1. The van der Waals surface area contributed by atoms with Crippen LogP contribution in [0.2, 0.25) is 0 Å². The maximum atomic E-state index is 11.7. The Labute approximate surface area is 154 Å². The number of allylic oxidation sites excluding steroid dienone is 2. The van der Waals surface area contributed by atoms with Crippen LogP contribution in [0.5, 0.6) is 0 Å². The summed E-state index contributed by atoms with van der Waals surface area (Å²) in [6.07, 6.45) is 6.48. The third kappa shape index (κ3) is 2.52. The standard InChI is InChI=1S/C22H24N2O2/c1-4-15-8-10-16(11-9-15)21-18-7-5-6-17(18)20-14(3)13(2)12-19(24(25)26)22(20)23-21/h5-6,8-12,17-18,21,23H,4,7H2,1-3H3/t17-,18-,21+/m1/s1. The Morgan fingerprint density at radius 3 is 2.62 bits per heavy atom. The number of benzene rings is 2. The van der Waals surface area contributed by atoms with Gasteiger partial charge in [-0.3, -0.25) is 10.1 Å². The van der Waals surface area contributed by atoms with Gasteiger partial charge in [-0.25, -0.2) is 0 Å². The van der Waals surface area contributed by atoms with Gasteiger partial charge in [-0.15, -0.1) is 0 Å². The van der Waals surface area contributed by atoms with E-state index in [9.17, 15) is 10.1 Å². The topological polar surface area (TPSA) is 55.2 Å². The van der Waals surface area contributed by atoms with Crippen LogP contribution in [0, 0.1) is 29.9 Å². The molecule has 0 unspecified atom stereocenters. The van der Waals surface area contributed by atoms with Crippen molar-refractivity contribution in [3.63, 3.8) is 0 Å². The second-order valence-corrected chi connectivity index (χ2v) is 7.45. The van der Waals surface area contributed by atoms with Crippen LogP contribution in [-0.2, 0) is 6.42 Å². The van der Waals surface area contributed by atoms with Gasteiger partial charge >= 0.3 is 0 Å². The lowest BCUT2D eigenvalue weighted by Gasteiger charge is -2.38. The molecule has 1 N–H and O–H groups in total. The minimum absolute atomic E-state index is 0.0919. The molecular formula is C22H24N2O2. The van der Waals surface area contributed by atoms with E-state index in [1.54, 1.807) is 6.07 Å². The average molecular weight is 348 g/mol. The largest absolute Gasteiger partial charge is 0.372 e. The molecule has 4 rings (SSSR count). The lowest BCUT2D eigenvalue weighted by molar-refractivity contribution is -0.384. The molecule has 0 fully saturated rings. The second kappa shape index (κ2) is 6.27. The van der Waals surface area contributed by atoms with Crippen molar-refractivity contribution in [2.24, 2.45) is 5.92 Å². The fourth-order valence-corrected chi connectivity index (χ4v) is 4.51. The van der Waals surface area contributed by atoms with Gasteiger partial charge in [-0.05, 0) is 60.4 Å². The van der Waals surface area contributed by atoms with E-state index in [1.165, 1.54) is 16.7 Å². The highest BCUT2D eigenvalue weighted by Crippen LogP contribution is 2.53. The van der Waals surface area contributed by atoms with Crippen molar-refractivity contribution in [1.82, 2.24) is 0 Å². The number of aryl methyl sites for hydroxylation is 2. The number of fused-ring (bicyclic) bond motifs is 3. The van der Waals surface area contributed by atoms with Gasteiger partial charge in [0.2, 0.25) is 0 Å². The molecule has 0 saturated carbocycles. The molecule has 0 spiro atoms. The fourth-order valence-electron chi connectivity index (χ4n) is 4.51. The van der Waals surface area contributed by atoms with Crippen molar-refractivity contribution in [2.75, 3.05) is 5.32 Å². The Hall–Kier alpha value is -2.62. The minimum Gasteiger partial charge on any atom is -0.372 e. The van der Waals surface area contributed by atoms with Crippen LogP contribution in [0.25, 0.3) is 0 Å². The van der Waals surface area contributed by atoms with Crippen LogP contribution in [0.15, 0.2) is 42.5 Å². The number of nitrogens with one attached hydrogen (secondary N) is 1. The van der Waals surface area contributed by atoms with Crippen LogP contribution in [-0.4, -0.2) is 4.92 Å². The summed E-state index contributed by atoms with van der Waals surface area (Å²) in [4.78, 5) is 11.4. The molecule has 0 bridgehead atoms. The molecule has 0 aromatic heterocycles. The van der Waals surface area contributed by atoms with Crippen LogP contribution >= 0.6 is 0 Å². The molecular weight excluding hydrogens is 324 g/mol. The van der Waals surface area contributed by atoms with Gasteiger partial charge in [0, 0.05) is 12.0 Å². The van der Waals surface area contributed by atoms with Gasteiger partial charge in [0.15, 0.2) is 0 Å². The summed E-state index contributed by atoms with van der Waals surface area (Å²) >= 11 is 0. The number of anilines is 1. The predicted octanol–water partition coefficient (Wildman–Crippen LogP) is 5.60.